The molecule has 0 radical (unpaired) electrons. The van der Waals surface area contributed by atoms with Gasteiger partial charge in [-0.3, -0.25) is 4.79 Å². The van der Waals surface area contributed by atoms with Gasteiger partial charge in [-0.1, -0.05) is 54.1 Å². The molecule has 1 atom stereocenters. The molecule has 3 N–H and O–H groups in total. The number of carboxylic acid groups (broad SMARTS) is 1. The van der Waals surface area contributed by atoms with Crippen molar-refractivity contribution in [1.29, 1.82) is 0 Å². The average Bonchev–Trinajstić information content (AvgIpc) is 2.73. The maximum atomic E-state index is 13.1. The molecule has 0 aromatic heterocycles. The van der Waals surface area contributed by atoms with E-state index in [1.807, 2.05) is 18.2 Å². The number of benzene rings is 2. The second-order valence-electron chi connectivity index (χ2n) is 7.69. The number of hydrogen-bond donors (Lipinski definition) is 3. The second kappa shape index (κ2) is 10.3. The first-order valence-corrected chi connectivity index (χ1v) is 10.8. The normalized spacial score (nSPS) is 16.2. The second-order valence-corrected chi connectivity index (χ2v) is 8.13. The number of amides is 1. The van der Waals surface area contributed by atoms with E-state index >= 15 is 0 Å². The summed E-state index contributed by atoms with van der Waals surface area (Å²) in [7, 11) is 0. The molecule has 31 heavy (non-hydrogen) atoms. The summed E-state index contributed by atoms with van der Waals surface area (Å²) >= 11 is 6.16. The lowest BCUT2D eigenvalue weighted by Crippen LogP contribution is -2.36. The fourth-order valence-corrected chi connectivity index (χ4v) is 4.19. The van der Waals surface area contributed by atoms with E-state index < -0.39 is 11.9 Å². The van der Waals surface area contributed by atoms with Crippen LogP contribution in [0.15, 0.2) is 77.1 Å². The smallest absolute Gasteiger partial charge is 0.334 e. The van der Waals surface area contributed by atoms with Gasteiger partial charge in [0.15, 0.2) is 0 Å². The molecule has 6 heteroatoms. The standard InChI is InChI=1S/C25H27ClN2O3/c1-16-21(24(29)27-14-7-6-11-18-9-4-3-5-10-18)23(19-12-8-13-20(26)15-19)22(25(30)31)17(2)28-16/h3-5,8-10,12-13,15,23,28H,6-7,11,14H2,1-2H3,(H,27,29)(H,30,31). The number of carbonyl (C=O) groups is 2. The predicted octanol–water partition coefficient (Wildman–Crippen LogP) is 4.80. The zero-order valence-corrected chi connectivity index (χ0v) is 18.5. The van der Waals surface area contributed by atoms with Crippen molar-refractivity contribution in [1.82, 2.24) is 10.6 Å². The van der Waals surface area contributed by atoms with Crippen LogP contribution in [0, 0.1) is 0 Å². The number of nitrogens with one attached hydrogen (secondary N) is 2. The zero-order chi connectivity index (χ0) is 22.4. The Kier molecular flexibility index (Phi) is 7.53. The fourth-order valence-electron chi connectivity index (χ4n) is 3.99. The van der Waals surface area contributed by atoms with Crippen LogP contribution in [0.5, 0.6) is 0 Å². The number of unbranched alkanes of at least 4 members (excludes halogenated alkanes) is 1. The van der Waals surface area contributed by atoms with Gasteiger partial charge in [-0.15, -0.1) is 0 Å². The molecule has 1 heterocycles. The molecule has 0 aliphatic carbocycles. The lowest BCUT2D eigenvalue weighted by Gasteiger charge is -2.30. The van der Waals surface area contributed by atoms with Crippen molar-refractivity contribution in [3.8, 4) is 0 Å². The lowest BCUT2D eigenvalue weighted by atomic mass is 9.80. The molecule has 0 bridgehead atoms. The van der Waals surface area contributed by atoms with Crippen LogP contribution in [-0.4, -0.2) is 23.5 Å². The molecule has 3 rings (SSSR count). The molecule has 0 saturated heterocycles. The number of allylic oxidation sites excluding steroid dienone is 2. The molecular formula is C25H27ClN2O3. The van der Waals surface area contributed by atoms with Crippen LogP contribution < -0.4 is 10.6 Å². The van der Waals surface area contributed by atoms with Gasteiger partial charge in [0.25, 0.3) is 0 Å². The highest BCUT2D eigenvalue weighted by atomic mass is 35.5. The van der Waals surface area contributed by atoms with E-state index in [1.54, 1.807) is 38.1 Å². The zero-order valence-electron chi connectivity index (χ0n) is 17.7. The predicted molar refractivity (Wildman–Crippen MR) is 123 cm³/mol. The largest absolute Gasteiger partial charge is 0.478 e. The molecule has 0 fully saturated rings. The van der Waals surface area contributed by atoms with E-state index in [-0.39, 0.29) is 11.5 Å². The third-order valence-electron chi connectivity index (χ3n) is 5.44. The van der Waals surface area contributed by atoms with Gasteiger partial charge < -0.3 is 15.7 Å². The van der Waals surface area contributed by atoms with Crippen LogP contribution in [0.25, 0.3) is 0 Å². The van der Waals surface area contributed by atoms with Gasteiger partial charge in [0, 0.05) is 28.5 Å². The molecule has 0 saturated carbocycles. The monoisotopic (exact) mass is 438 g/mol. The summed E-state index contributed by atoms with van der Waals surface area (Å²) in [5.74, 6) is -2.02. The minimum absolute atomic E-state index is 0.155. The van der Waals surface area contributed by atoms with Crippen molar-refractivity contribution in [2.75, 3.05) is 6.54 Å². The molecular weight excluding hydrogens is 412 g/mol. The van der Waals surface area contributed by atoms with Gasteiger partial charge in [-0.25, -0.2) is 4.79 Å². The highest BCUT2D eigenvalue weighted by Crippen LogP contribution is 2.38. The van der Waals surface area contributed by atoms with Gasteiger partial charge in [0.1, 0.15) is 0 Å². The first-order chi connectivity index (χ1) is 14.9. The number of halogens is 1. The summed E-state index contributed by atoms with van der Waals surface area (Å²) in [6.07, 6.45) is 2.75. The maximum absolute atomic E-state index is 13.1. The lowest BCUT2D eigenvalue weighted by molar-refractivity contribution is -0.133. The quantitative estimate of drug-likeness (QED) is 0.517. The van der Waals surface area contributed by atoms with Crippen molar-refractivity contribution in [3.63, 3.8) is 0 Å². The molecule has 162 valence electrons. The minimum atomic E-state index is -1.06. The molecule has 0 spiro atoms. The van der Waals surface area contributed by atoms with Gasteiger partial charge >= 0.3 is 5.97 Å². The fraction of sp³-hybridized carbons (Fsp3) is 0.280. The summed E-state index contributed by atoms with van der Waals surface area (Å²) in [5, 5.41) is 16.4. The average molecular weight is 439 g/mol. The Morgan fingerprint density at radius 1 is 1.00 bits per heavy atom. The first kappa shape index (κ1) is 22.6. The molecule has 2 aromatic carbocycles. The summed E-state index contributed by atoms with van der Waals surface area (Å²) < 4.78 is 0. The van der Waals surface area contributed by atoms with Crippen LogP contribution in [0.2, 0.25) is 5.02 Å². The van der Waals surface area contributed by atoms with E-state index in [4.69, 9.17) is 11.6 Å². The van der Waals surface area contributed by atoms with E-state index in [9.17, 15) is 14.7 Å². The Morgan fingerprint density at radius 2 is 1.71 bits per heavy atom. The van der Waals surface area contributed by atoms with Gasteiger partial charge in [-0.05, 0) is 56.4 Å². The third kappa shape index (κ3) is 5.56. The van der Waals surface area contributed by atoms with Crippen molar-refractivity contribution < 1.29 is 14.7 Å². The number of aryl methyl sites for hydroxylation is 1. The van der Waals surface area contributed by atoms with Crippen molar-refractivity contribution in [3.05, 3.63) is 93.3 Å². The number of rotatable bonds is 8. The Bertz CT molecular complexity index is 1030. The van der Waals surface area contributed by atoms with Gasteiger partial charge in [0.2, 0.25) is 5.91 Å². The number of aliphatic carboxylic acids is 1. The highest BCUT2D eigenvalue weighted by Gasteiger charge is 2.36. The Hall–Kier alpha value is -3.05. The van der Waals surface area contributed by atoms with Crippen LogP contribution >= 0.6 is 11.6 Å². The number of carboxylic acids is 1. The highest BCUT2D eigenvalue weighted by molar-refractivity contribution is 6.30. The molecule has 1 unspecified atom stereocenters. The molecule has 1 amide bonds. The van der Waals surface area contributed by atoms with E-state index in [0.29, 0.717) is 34.1 Å². The molecule has 5 nitrogen and oxygen atoms in total. The Balaban J connectivity index is 1.74. The van der Waals surface area contributed by atoms with Crippen molar-refractivity contribution in [2.24, 2.45) is 0 Å². The van der Waals surface area contributed by atoms with E-state index in [0.717, 1.165) is 19.3 Å². The minimum Gasteiger partial charge on any atom is -0.478 e. The third-order valence-corrected chi connectivity index (χ3v) is 5.67. The summed E-state index contributed by atoms with van der Waals surface area (Å²) in [6, 6.07) is 17.2. The summed E-state index contributed by atoms with van der Waals surface area (Å²) in [4.78, 5) is 25.2. The number of hydrogen-bond acceptors (Lipinski definition) is 3. The SMILES string of the molecule is CC1=C(C(=O)O)C(c2cccc(Cl)c2)C(C(=O)NCCCCc2ccccc2)=C(C)N1. The van der Waals surface area contributed by atoms with Crippen molar-refractivity contribution in [2.45, 2.75) is 39.0 Å². The van der Waals surface area contributed by atoms with Crippen LogP contribution in [0.3, 0.4) is 0 Å². The number of dihydropyridines is 1. The van der Waals surface area contributed by atoms with E-state index in [1.165, 1.54) is 5.56 Å². The van der Waals surface area contributed by atoms with Crippen LogP contribution in [-0.2, 0) is 16.0 Å². The van der Waals surface area contributed by atoms with E-state index in [2.05, 4.69) is 22.8 Å². The van der Waals surface area contributed by atoms with Crippen molar-refractivity contribution >= 4 is 23.5 Å². The molecule has 1 aliphatic rings. The topological polar surface area (TPSA) is 78.4 Å². The van der Waals surface area contributed by atoms with Crippen LogP contribution in [0.1, 0.15) is 43.7 Å². The van der Waals surface area contributed by atoms with Gasteiger partial charge in [0.05, 0.1) is 11.5 Å². The first-order valence-electron chi connectivity index (χ1n) is 10.4. The summed E-state index contributed by atoms with van der Waals surface area (Å²) in [6.45, 7) is 4.03. The Labute approximate surface area is 187 Å². The maximum Gasteiger partial charge on any atom is 0.334 e. The van der Waals surface area contributed by atoms with Crippen LogP contribution in [0.4, 0.5) is 0 Å². The summed E-state index contributed by atoms with van der Waals surface area (Å²) in [5.41, 5.74) is 3.69. The van der Waals surface area contributed by atoms with Gasteiger partial charge in [-0.2, -0.15) is 0 Å². The molecule has 1 aliphatic heterocycles. The number of carbonyl (C=O) groups excluding carboxylic acids is 1. The molecule has 2 aromatic rings. The Morgan fingerprint density at radius 3 is 2.39 bits per heavy atom.